The van der Waals surface area contributed by atoms with E-state index in [1.54, 1.807) is 0 Å². The quantitative estimate of drug-likeness (QED) is 0.185. The van der Waals surface area contributed by atoms with Gasteiger partial charge in [-0.15, -0.1) is 0 Å². The Balaban J connectivity index is 1.29. The van der Waals surface area contributed by atoms with E-state index in [0.717, 1.165) is 55.3 Å². The molecule has 9 aromatic rings. The SMILES string of the molecule is c1ccc(-c2ccc(N(c3ccc(-c4ccccc4)cc3)c3cc4c5ccccc5oc4c4cc(-c5ccccc5)ccc34)cc2)cc1. The summed E-state index contributed by atoms with van der Waals surface area (Å²) in [6.07, 6.45) is 0. The van der Waals surface area contributed by atoms with Crippen LogP contribution < -0.4 is 4.90 Å². The lowest BCUT2D eigenvalue weighted by Crippen LogP contribution is -2.10. The Bertz CT molecular complexity index is 2430. The van der Waals surface area contributed by atoms with Crippen molar-refractivity contribution in [2.24, 2.45) is 0 Å². The molecular weight excluding hydrogens is 583 g/mol. The normalized spacial score (nSPS) is 11.3. The lowest BCUT2D eigenvalue weighted by atomic mass is 9.97. The molecule has 0 spiro atoms. The molecular formula is C46H31NO. The van der Waals surface area contributed by atoms with E-state index < -0.39 is 0 Å². The molecule has 48 heavy (non-hydrogen) atoms. The highest BCUT2D eigenvalue weighted by Crippen LogP contribution is 2.46. The molecule has 0 saturated carbocycles. The van der Waals surface area contributed by atoms with Gasteiger partial charge in [-0.25, -0.2) is 0 Å². The van der Waals surface area contributed by atoms with Crippen molar-refractivity contribution in [1.82, 2.24) is 0 Å². The van der Waals surface area contributed by atoms with Gasteiger partial charge < -0.3 is 9.32 Å². The van der Waals surface area contributed by atoms with E-state index in [1.807, 2.05) is 6.07 Å². The van der Waals surface area contributed by atoms with Crippen LogP contribution in [0, 0.1) is 0 Å². The van der Waals surface area contributed by atoms with Gasteiger partial charge in [-0.3, -0.25) is 0 Å². The Hall–Kier alpha value is -6.38. The number of hydrogen-bond acceptors (Lipinski definition) is 2. The van der Waals surface area contributed by atoms with E-state index in [0.29, 0.717) is 0 Å². The maximum Gasteiger partial charge on any atom is 0.143 e. The minimum atomic E-state index is 0.891. The van der Waals surface area contributed by atoms with E-state index in [2.05, 4.69) is 187 Å². The molecule has 0 unspecified atom stereocenters. The van der Waals surface area contributed by atoms with E-state index in [9.17, 15) is 0 Å². The maximum atomic E-state index is 6.61. The lowest BCUT2D eigenvalue weighted by Gasteiger charge is -2.27. The van der Waals surface area contributed by atoms with E-state index in [-0.39, 0.29) is 0 Å². The smallest absolute Gasteiger partial charge is 0.143 e. The second kappa shape index (κ2) is 11.8. The van der Waals surface area contributed by atoms with Crippen LogP contribution in [0.25, 0.3) is 66.1 Å². The minimum Gasteiger partial charge on any atom is -0.455 e. The first-order valence-electron chi connectivity index (χ1n) is 16.3. The molecule has 0 aliphatic carbocycles. The van der Waals surface area contributed by atoms with Crippen molar-refractivity contribution in [1.29, 1.82) is 0 Å². The summed E-state index contributed by atoms with van der Waals surface area (Å²) in [4.78, 5) is 2.38. The van der Waals surface area contributed by atoms with Crippen LogP contribution >= 0.6 is 0 Å². The number of anilines is 3. The highest BCUT2D eigenvalue weighted by Gasteiger charge is 2.21. The van der Waals surface area contributed by atoms with Crippen LogP contribution in [0.4, 0.5) is 17.1 Å². The number of fused-ring (bicyclic) bond motifs is 5. The van der Waals surface area contributed by atoms with Crippen molar-refractivity contribution >= 4 is 49.8 Å². The second-order valence-electron chi connectivity index (χ2n) is 12.2. The molecule has 0 N–H and O–H groups in total. The molecule has 0 fully saturated rings. The molecule has 1 heterocycles. The van der Waals surface area contributed by atoms with Crippen LogP contribution in [0.15, 0.2) is 192 Å². The van der Waals surface area contributed by atoms with Gasteiger partial charge in [0.1, 0.15) is 11.2 Å². The average molecular weight is 614 g/mol. The molecule has 1 aromatic heterocycles. The van der Waals surface area contributed by atoms with E-state index >= 15 is 0 Å². The second-order valence-corrected chi connectivity index (χ2v) is 12.2. The number of para-hydroxylation sites is 1. The van der Waals surface area contributed by atoms with Gasteiger partial charge in [0.25, 0.3) is 0 Å². The summed E-state index contributed by atoms with van der Waals surface area (Å²) in [5, 5.41) is 4.43. The predicted molar refractivity (Wildman–Crippen MR) is 202 cm³/mol. The molecule has 0 amide bonds. The highest BCUT2D eigenvalue weighted by molar-refractivity contribution is 6.20. The van der Waals surface area contributed by atoms with Gasteiger partial charge in [-0.1, -0.05) is 146 Å². The Kier molecular flexibility index (Phi) is 6.84. The summed E-state index contributed by atoms with van der Waals surface area (Å²) in [5.74, 6) is 0. The fraction of sp³-hybridized carbons (Fsp3) is 0. The lowest BCUT2D eigenvalue weighted by molar-refractivity contribution is 0.672. The van der Waals surface area contributed by atoms with Crippen molar-refractivity contribution in [2.75, 3.05) is 4.90 Å². The molecule has 2 nitrogen and oxygen atoms in total. The summed E-state index contributed by atoms with van der Waals surface area (Å²) in [6, 6.07) is 66.9. The fourth-order valence-corrected chi connectivity index (χ4v) is 6.87. The Morgan fingerprint density at radius 2 is 0.750 bits per heavy atom. The topological polar surface area (TPSA) is 16.4 Å². The van der Waals surface area contributed by atoms with Gasteiger partial charge >= 0.3 is 0 Å². The van der Waals surface area contributed by atoms with Crippen molar-refractivity contribution in [3.05, 3.63) is 188 Å². The zero-order valence-electron chi connectivity index (χ0n) is 26.3. The van der Waals surface area contributed by atoms with Crippen molar-refractivity contribution in [2.45, 2.75) is 0 Å². The third-order valence-electron chi connectivity index (χ3n) is 9.27. The van der Waals surface area contributed by atoms with Crippen molar-refractivity contribution in [3.63, 3.8) is 0 Å². The summed E-state index contributed by atoms with van der Waals surface area (Å²) in [5.41, 5.74) is 12.2. The minimum absolute atomic E-state index is 0.891. The molecule has 0 atom stereocenters. The highest BCUT2D eigenvalue weighted by atomic mass is 16.3. The largest absolute Gasteiger partial charge is 0.455 e. The van der Waals surface area contributed by atoms with Gasteiger partial charge in [0.15, 0.2) is 0 Å². The third kappa shape index (κ3) is 4.92. The Morgan fingerprint density at radius 3 is 1.31 bits per heavy atom. The zero-order chi connectivity index (χ0) is 31.9. The maximum absolute atomic E-state index is 6.61. The molecule has 9 rings (SSSR count). The van der Waals surface area contributed by atoms with Gasteiger partial charge in [0.05, 0.1) is 5.69 Å². The van der Waals surface area contributed by atoms with Gasteiger partial charge in [-0.05, 0) is 75.8 Å². The zero-order valence-corrected chi connectivity index (χ0v) is 26.3. The standard InChI is InChI=1S/C46H31NO/c1-4-12-32(13-5-1)35-20-25-38(26-21-35)47(39-27-22-36(23-28-39)33-14-6-2-7-15-33)44-31-43-41-18-10-11-19-45(41)48-46(43)42-30-37(24-29-40(42)44)34-16-8-3-9-17-34/h1-31H. The number of benzene rings is 8. The molecule has 0 aliphatic heterocycles. The monoisotopic (exact) mass is 613 g/mol. The van der Waals surface area contributed by atoms with Gasteiger partial charge in [0.2, 0.25) is 0 Å². The van der Waals surface area contributed by atoms with Crippen LogP contribution in [-0.4, -0.2) is 0 Å². The van der Waals surface area contributed by atoms with E-state index in [1.165, 1.54) is 27.8 Å². The van der Waals surface area contributed by atoms with Crippen LogP contribution in [0.2, 0.25) is 0 Å². The van der Waals surface area contributed by atoms with Gasteiger partial charge in [0, 0.05) is 32.9 Å². The molecule has 226 valence electrons. The van der Waals surface area contributed by atoms with Gasteiger partial charge in [-0.2, -0.15) is 0 Å². The number of furan rings is 1. The molecule has 8 aromatic carbocycles. The predicted octanol–water partition coefficient (Wildman–Crippen LogP) is 13.2. The van der Waals surface area contributed by atoms with Crippen LogP contribution in [0.5, 0.6) is 0 Å². The first-order valence-corrected chi connectivity index (χ1v) is 16.3. The first-order chi connectivity index (χ1) is 23.8. The number of nitrogens with zero attached hydrogens (tertiary/aromatic N) is 1. The van der Waals surface area contributed by atoms with Crippen LogP contribution in [0.3, 0.4) is 0 Å². The third-order valence-corrected chi connectivity index (χ3v) is 9.27. The molecule has 2 heteroatoms. The summed E-state index contributed by atoms with van der Waals surface area (Å²) in [6.45, 7) is 0. The summed E-state index contributed by atoms with van der Waals surface area (Å²) >= 11 is 0. The molecule has 0 radical (unpaired) electrons. The molecule has 0 bridgehead atoms. The fourth-order valence-electron chi connectivity index (χ4n) is 6.87. The average Bonchev–Trinajstić information content (AvgIpc) is 3.55. The van der Waals surface area contributed by atoms with Crippen molar-refractivity contribution in [3.8, 4) is 33.4 Å². The van der Waals surface area contributed by atoms with E-state index in [4.69, 9.17) is 4.42 Å². The summed E-state index contributed by atoms with van der Waals surface area (Å²) in [7, 11) is 0. The Labute approximate surface area is 279 Å². The number of rotatable bonds is 6. The van der Waals surface area contributed by atoms with Crippen LogP contribution in [-0.2, 0) is 0 Å². The number of hydrogen-bond donors (Lipinski definition) is 0. The molecule has 0 saturated heterocycles. The summed E-state index contributed by atoms with van der Waals surface area (Å²) < 4.78 is 6.61. The first kappa shape index (κ1) is 27.9. The van der Waals surface area contributed by atoms with Crippen LogP contribution in [0.1, 0.15) is 0 Å². The molecule has 0 aliphatic rings. The van der Waals surface area contributed by atoms with Crippen molar-refractivity contribution < 1.29 is 4.42 Å². The Morgan fingerprint density at radius 1 is 0.312 bits per heavy atom.